The molecule has 1 N–H and O–H groups in total. The van der Waals surface area contributed by atoms with E-state index < -0.39 is 0 Å². The van der Waals surface area contributed by atoms with Crippen LogP contribution in [0.5, 0.6) is 11.5 Å². The van der Waals surface area contributed by atoms with E-state index in [1.165, 1.54) is 0 Å². The Morgan fingerprint density at radius 3 is 3.16 bits per heavy atom. The van der Waals surface area contributed by atoms with Crippen molar-refractivity contribution in [2.75, 3.05) is 13.8 Å². The third kappa shape index (κ3) is 2.50. The summed E-state index contributed by atoms with van der Waals surface area (Å²) in [4.78, 5) is 0. The Hall–Kier alpha value is -1.79. The van der Waals surface area contributed by atoms with Crippen molar-refractivity contribution in [1.82, 2.24) is 20.3 Å². The Bertz CT molecular complexity index is 599. The van der Waals surface area contributed by atoms with Crippen molar-refractivity contribution < 1.29 is 9.47 Å². The van der Waals surface area contributed by atoms with Gasteiger partial charge >= 0.3 is 0 Å². The number of ether oxygens (including phenoxy) is 2. The van der Waals surface area contributed by atoms with Gasteiger partial charge in [-0.3, -0.25) is 0 Å². The summed E-state index contributed by atoms with van der Waals surface area (Å²) >= 11 is 6.14. The zero-order valence-electron chi connectivity index (χ0n) is 10.4. The first-order valence-electron chi connectivity index (χ1n) is 5.88. The van der Waals surface area contributed by atoms with Crippen molar-refractivity contribution in [3.05, 3.63) is 34.6 Å². The maximum Gasteiger partial charge on any atom is 0.231 e. The zero-order valence-corrected chi connectivity index (χ0v) is 11.1. The van der Waals surface area contributed by atoms with Crippen LogP contribution in [0.25, 0.3) is 0 Å². The molecule has 0 spiro atoms. The molecule has 0 saturated heterocycles. The maximum atomic E-state index is 6.14. The van der Waals surface area contributed by atoms with E-state index in [9.17, 15) is 0 Å². The summed E-state index contributed by atoms with van der Waals surface area (Å²) in [6, 6.07) is 3.77. The molecule has 0 bridgehead atoms. The molecule has 6 nitrogen and oxygen atoms in total. The first kappa shape index (κ1) is 12.3. The van der Waals surface area contributed by atoms with E-state index in [0.29, 0.717) is 29.6 Å². The molecule has 0 unspecified atom stereocenters. The van der Waals surface area contributed by atoms with Gasteiger partial charge in [0.1, 0.15) is 0 Å². The molecular formula is C12H13ClN4O2. The molecule has 1 aromatic heterocycles. The second-order valence-corrected chi connectivity index (χ2v) is 4.66. The average molecular weight is 281 g/mol. The predicted molar refractivity (Wildman–Crippen MR) is 69.5 cm³/mol. The van der Waals surface area contributed by atoms with Gasteiger partial charge in [-0.1, -0.05) is 16.8 Å². The van der Waals surface area contributed by atoms with Crippen LogP contribution in [0.15, 0.2) is 18.3 Å². The SMILES string of the molecule is CNCc1cn(Cc2cc(Cl)c3c(c2)OCO3)nn1. The number of hydrogen-bond donors (Lipinski definition) is 1. The Morgan fingerprint density at radius 1 is 1.42 bits per heavy atom. The smallest absolute Gasteiger partial charge is 0.231 e. The molecule has 2 aromatic rings. The minimum absolute atomic E-state index is 0.216. The molecule has 7 heteroatoms. The number of benzene rings is 1. The normalized spacial score (nSPS) is 12.9. The number of rotatable bonds is 4. The summed E-state index contributed by atoms with van der Waals surface area (Å²) in [5.74, 6) is 1.29. The summed E-state index contributed by atoms with van der Waals surface area (Å²) in [5, 5.41) is 11.7. The van der Waals surface area contributed by atoms with Crippen molar-refractivity contribution in [1.29, 1.82) is 0 Å². The Balaban J connectivity index is 1.81. The molecule has 2 heterocycles. The Labute approximate surface area is 115 Å². The van der Waals surface area contributed by atoms with Crippen molar-refractivity contribution in [3.8, 4) is 11.5 Å². The van der Waals surface area contributed by atoms with E-state index in [2.05, 4.69) is 15.6 Å². The lowest BCUT2D eigenvalue weighted by Gasteiger charge is -2.04. The van der Waals surface area contributed by atoms with Crippen molar-refractivity contribution in [2.24, 2.45) is 0 Å². The number of halogens is 1. The van der Waals surface area contributed by atoms with E-state index >= 15 is 0 Å². The van der Waals surface area contributed by atoms with Gasteiger partial charge in [0.05, 0.1) is 23.5 Å². The topological polar surface area (TPSA) is 61.2 Å². The lowest BCUT2D eigenvalue weighted by Crippen LogP contribution is -2.05. The number of nitrogens with one attached hydrogen (secondary N) is 1. The first-order chi connectivity index (χ1) is 9.26. The fraction of sp³-hybridized carbons (Fsp3) is 0.333. The van der Waals surface area contributed by atoms with Crippen LogP contribution in [-0.4, -0.2) is 28.8 Å². The van der Waals surface area contributed by atoms with Crippen LogP contribution < -0.4 is 14.8 Å². The molecule has 0 fully saturated rings. The van der Waals surface area contributed by atoms with Crippen LogP contribution >= 0.6 is 11.6 Å². The highest BCUT2D eigenvalue weighted by atomic mass is 35.5. The molecule has 1 aliphatic rings. The highest BCUT2D eigenvalue weighted by Gasteiger charge is 2.18. The number of hydrogen-bond acceptors (Lipinski definition) is 5. The van der Waals surface area contributed by atoms with Crippen molar-refractivity contribution in [3.63, 3.8) is 0 Å². The average Bonchev–Trinajstić information content (AvgIpc) is 2.99. The molecule has 0 aliphatic carbocycles. The lowest BCUT2D eigenvalue weighted by atomic mass is 10.2. The van der Waals surface area contributed by atoms with Gasteiger partial charge in [0, 0.05) is 6.54 Å². The minimum atomic E-state index is 0.216. The molecule has 0 radical (unpaired) electrons. The molecule has 0 atom stereocenters. The fourth-order valence-corrected chi connectivity index (χ4v) is 2.26. The minimum Gasteiger partial charge on any atom is -0.454 e. The van der Waals surface area contributed by atoms with E-state index in [1.807, 2.05) is 25.4 Å². The molecule has 1 aromatic carbocycles. The first-order valence-corrected chi connectivity index (χ1v) is 6.25. The van der Waals surface area contributed by atoms with Crippen LogP contribution in [0.4, 0.5) is 0 Å². The van der Waals surface area contributed by atoms with E-state index in [0.717, 1.165) is 11.3 Å². The quantitative estimate of drug-likeness (QED) is 0.918. The van der Waals surface area contributed by atoms with Crippen LogP contribution in [0.3, 0.4) is 0 Å². The second-order valence-electron chi connectivity index (χ2n) is 4.25. The molecule has 0 saturated carbocycles. The summed E-state index contributed by atoms with van der Waals surface area (Å²) in [6.45, 7) is 1.50. The number of fused-ring (bicyclic) bond motifs is 1. The van der Waals surface area contributed by atoms with Crippen LogP contribution in [0.1, 0.15) is 11.3 Å². The van der Waals surface area contributed by atoms with Crippen LogP contribution in [0, 0.1) is 0 Å². The third-order valence-electron chi connectivity index (χ3n) is 2.78. The Morgan fingerprint density at radius 2 is 2.32 bits per heavy atom. The predicted octanol–water partition coefficient (Wildman–Crippen LogP) is 1.43. The van der Waals surface area contributed by atoms with Gasteiger partial charge in [-0.25, -0.2) is 4.68 Å². The summed E-state index contributed by atoms with van der Waals surface area (Å²) in [6.07, 6.45) is 1.90. The summed E-state index contributed by atoms with van der Waals surface area (Å²) < 4.78 is 12.4. The summed E-state index contributed by atoms with van der Waals surface area (Å²) in [7, 11) is 1.87. The van der Waals surface area contributed by atoms with E-state index in [-0.39, 0.29) is 6.79 Å². The van der Waals surface area contributed by atoms with Crippen molar-refractivity contribution in [2.45, 2.75) is 13.1 Å². The Kier molecular flexibility index (Phi) is 3.27. The van der Waals surface area contributed by atoms with Gasteiger partial charge in [-0.05, 0) is 24.7 Å². The number of aromatic nitrogens is 3. The monoisotopic (exact) mass is 280 g/mol. The van der Waals surface area contributed by atoms with E-state index in [1.54, 1.807) is 4.68 Å². The van der Waals surface area contributed by atoms with Gasteiger partial charge < -0.3 is 14.8 Å². The molecule has 0 amide bonds. The van der Waals surface area contributed by atoms with Crippen LogP contribution in [0.2, 0.25) is 5.02 Å². The largest absolute Gasteiger partial charge is 0.454 e. The van der Waals surface area contributed by atoms with Crippen LogP contribution in [-0.2, 0) is 13.1 Å². The van der Waals surface area contributed by atoms with E-state index in [4.69, 9.17) is 21.1 Å². The van der Waals surface area contributed by atoms with Gasteiger partial charge in [-0.2, -0.15) is 0 Å². The molecule has 1 aliphatic heterocycles. The van der Waals surface area contributed by atoms with Gasteiger partial charge in [0.2, 0.25) is 6.79 Å². The highest BCUT2D eigenvalue weighted by Crippen LogP contribution is 2.39. The molecular weight excluding hydrogens is 268 g/mol. The standard InChI is InChI=1S/C12H13ClN4O2/c1-14-4-9-6-17(16-15-9)5-8-2-10(13)12-11(3-8)18-7-19-12/h2-3,6,14H,4-5,7H2,1H3. The molecule has 3 rings (SSSR count). The lowest BCUT2D eigenvalue weighted by molar-refractivity contribution is 0.174. The van der Waals surface area contributed by atoms with Gasteiger partial charge in [0.15, 0.2) is 11.5 Å². The summed E-state index contributed by atoms with van der Waals surface area (Å²) in [5.41, 5.74) is 1.89. The van der Waals surface area contributed by atoms with Gasteiger partial charge in [-0.15, -0.1) is 5.10 Å². The van der Waals surface area contributed by atoms with Gasteiger partial charge in [0.25, 0.3) is 0 Å². The molecule has 100 valence electrons. The molecule has 19 heavy (non-hydrogen) atoms. The fourth-order valence-electron chi connectivity index (χ4n) is 1.98. The zero-order chi connectivity index (χ0) is 13.2. The third-order valence-corrected chi connectivity index (χ3v) is 3.06. The highest BCUT2D eigenvalue weighted by molar-refractivity contribution is 6.32. The van der Waals surface area contributed by atoms with Crippen molar-refractivity contribution >= 4 is 11.6 Å². The maximum absolute atomic E-state index is 6.14. The second kappa shape index (κ2) is 5.07. The number of nitrogens with zero attached hydrogens (tertiary/aromatic N) is 3.